The van der Waals surface area contributed by atoms with Gasteiger partial charge < -0.3 is 10.4 Å². The average molecular weight is 395 g/mol. The quantitative estimate of drug-likeness (QED) is 0.594. The molecule has 0 spiro atoms. The number of thiazole rings is 1. The number of benzene rings is 1. The number of amides is 1. The van der Waals surface area contributed by atoms with Crippen LogP contribution in [-0.4, -0.2) is 37.7 Å². The van der Waals surface area contributed by atoms with Crippen LogP contribution in [0.15, 0.2) is 34.6 Å². The number of aliphatic carboxylic acids is 1. The Labute approximate surface area is 155 Å². The number of anilines is 2. The minimum absolute atomic E-state index is 0.207. The van der Waals surface area contributed by atoms with E-state index >= 15 is 0 Å². The topological polar surface area (TPSA) is 82.5 Å². The van der Waals surface area contributed by atoms with Gasteiger partial charge in [-0.25, -0.2) is 9.37 Å². The van der Waals surface area contributed by atoms with Gasteiger partial charge in [-0.15, -0.1) is 11.3 Å². The molecule has 1 aromatic carbocycles. The second-order valence-electron chi connectivity index (χ2n) is 4.87. The normalized spacial score (nSPS) is 15.9. The van der Waals surface area contributed by atoms with Gasteiger partial charge in [-0.3, -0.25) is 14.5 Å². The summed E-state index contributed by atoms with van der Waals surface area (Å²) in [6, 6.07) is 5.86. The molecule has 0 unspecified atom stereocenters. The number of rotatable bonds is 5. The first-order chi connectivity index (χ1) is 11.9. The average Bonchev–Trinajstić information content (AvgIpc) is 3.09. The van der Waals surface area contributed by atoms with Gasteiger partial charge in [0, 0.05) is 11.1 Å². The zero-order chi connectivity index (χ0) is 18.0. The van der Waals surface area contributed by atoms with Crippen molar-refractivity contribution in [2.24, 2.45) is 0 Å². The van der Waals surface area contributed by atoms with Crippen molar-refractivity contribution < 1.29 is 19.1 Å². The Morgan fingerprint density at radius 1 is 1.40 bits per heavy atom. The zero-order valence-electron chi connectivity index (χ0n) is 12.4. The lowest BCUT2D eigenvalue weighted by atomic mass is 10.3. The van der Waals surface area contributed by atoms with E-state index < -0.39 is 18.4 Å². The molecule has 1 amide bonds. The molecule has 1 aliphatic heterocycles. The summed E-state index contributed by atoms with van der Waals surface area (Å²) >= 11 is 7.40. The Morgan fingerprint density at radius 3 is 2.80 bits per heavy atom. The summed E-state index contributed by atoms with van der Waals surface area (Å²) in [5.41, 5.74) is 1.24. The maximum atomic E-state index is 12.9. The fourth-order valence-electron chi connectivity index (χ4n) is 1.97. The molecule has 1 aromatic heterocycles. The van der Waals surface area contributed by atoms with Gasteiger partial charge in [0.1, 0.15) is 16.7 Å². The van der Waals surface area contributed by atoms with Crippen LogP contribution in [0.3, 0.4) is 0 Å². The first-order valence-corrected chi connectivity index (χ1v) is 8.98. The molecule has 2 N–H and O–H groups in total. The SMILES string of the molecule is O=C(O)CN1C(=O)/C(=C/c2csc(Nc3ccc(F)cc3)n2)SC1=S. The first kappa shape index (κ1) is 17.5. The predicted molar refractivity (Wildman–Crippen MR) is 99.3 cm³/mol. The number of aromatic nitrogens is 1. The van der Waals surface area contributed by atoms with E-state index in [1.165, 1.54) is 23.5 Å². The smallest absolute Gasteiger partial charge is 0.323 e. The van der Waals surface area contributed by atoms with Gasteiger partial charge in [-0.2, -0.15) is 0 Å². The predicted octanol–water partition coefficient (Wildman–Crippen LogP) is 3.31. The Balaban J connectivity index is 1.73. The van der Waals surface area contributed by atoms with Crippen molar-refractivity contribution in [1.29, 1.82) is 0 Å². The molecule has 1 fully saturated rings. The molecule has 0 aliphatic carbocycles. The van der Waals surface area contributed by atoms with E-state index in [4.69, 9.17) is 17.3 Å². The van der Waals surface area contributed by atoms with Gasteiger partial charge in [0.05, 0.1) is 10.6 Å². The second kappa shape index (κ2) is 7.30. The summed E-state index contributed by atoms with van der Waals surface area (Å²) in [7, 11) is 0. The number of nitrogens with zero attached hydrogens (tertiary/aromatic N) is 2. The number of halogens is 1. The highest BCUT2D eigenvalue weighted by Gasteiger charge is 2.33. The van der Waals surface area contributed by atoms with Crippen molar-refractivity contribution in [3.63, 3.8) is 0 Å². The molecular weight excluding hydrogens is 385 g/mol. The minimum Gasteiger partial charge on any atom is -0.480 e. The molecule has 0 atom stereocenters. The van der Waals surface area contributed by atoms with Gasteiger partial charge in [-0.1, -0.05) is 24.0 Å². The third-order valence-corrected chi connectivity index (χ3v) is 5.22. The van der Waals surface area contributed by atoms with Crippen molar-refractivity contribution in [2.45, 2.75) is 0 Å². The third-order valence-electron chi connectivity index (χ3n) is 3.06. The fourth-order valence-corrected chi connectivity index (χ4v) is 3.90. The van der Waals surface area contributed by atoms with Crippen LogP contribution < -0.4 is 5.32 Å². The number of carbonyl (C=O) groups excluding carboxylic acids is 1. The van der Waals surface area contributed by atoms with Gasteiger partial charge in [0.25, 0.3) is 5.91 Å². The van der Waals surface area contributed by atoms with E-state index in [1.807, 2.05) is 0 Å². The van der Waals surface area contributed by atoms with Crippen molar-refractivity contribution in [2.75, 3.05) is 11.9 Å². The van der Waals surface area contributed by atoms with Gasteiger partial charge >= 0.3 is 5.97 Å². The Hall–Kier alpha value is -2.30. The van der Waals surface area contributed by atoms with Crippen molar-refractivity contribution in [1.82, 2.24) is 9.88 Å². The van der Waals surface area contributed by atoms with Crippen molar-refractivity contribution in [3.05, 3.63) is 46.1 Å². The number of nitrogens with one attached hydrogen (secondary N) is 1. The van der Waals surface area contributed by atoms with Crippen LogP contribution in [0.2, 0.25) is 0 Å². The largest absolute Gasteiger partial charge is 0.480 e. The Kier molecular flexibility index (Phi) is 5.11. The molecule has 2 heterocycles. The van der Waals surface area contributed by atoms with Crippen molar-refractivity contribution in [3.8, 4) is 0 Å². The monoisotopic (exact) mass is 395 g/mol. The minimum atomic E-state index is -1.13. The van der Waals surface area contributed by atoms with Crippen LogP contribution in [0.5, 0.6) is 0 Å². The van der Waals surface area contributed by atoms with Gasteiger partial charge in [0.15, 0.2) is 5.13 Å². The van der Waals surface area contributed by atoms with Gasteiger partial charge in [0.2, 0.25) is 0 Å². The molecule has 1 saturated heterocycles. The lowest BCUT2D eigenvalue weighted by Gasteiger charge is -2.09. The number of carboxylic acid groups (broad SMARTS) is 1. The first-order valence-electron chi connectivity index (χ1n) is 6.87. The standard InChI is InChI=1S/C15H10FN3O3S3/c16-8-1-3-9(4-2-8)17-14-18-10(7-24-14)5-11-13(22)19(6-12(20)21)15(23)25-11/h1-5,7H,6H2,(H,17,18)(H,20,21)/b11-5-. The highest BCUT2D eigenvalue weighted by Crippen LogP contribution is 2.33. The van der Waals surface area contributed by atoms with Gasteiger partial charge in [-0.05, 0) is 30.3 Å². The van der Waals surface area contributed by atoms with Crippen LogP contribution in [0, 0.1) is 5.82 Å². The van der Waals surface area contributed by atoms with E-state index in [0.29, 0.717) is 21.4 Å². The van der Waals surface area contributed by atoms with Crippen LogP contribution in [0.25, 0.3) is 6.08 Å². The number of hydrogen-bond donors (Lipinski definition) is 2. The van der Waals surface area contributed by atoms with E-state index in [9.17, 15) is 14.0 Å². The molecule has 6 nitrogen and oxygen atoms in total. The maximum absolute atomic E-state index is 12.9. The van der Waals surface area contributed by atoms with E-state index in [0.717, 1.165) is 16.7 Å². The van der Waals surface area contributed by atoms with Crippen LogP contribution in [0.4, 0.5) is 15.2 Å². The summed E-state index contributed by atoms with van der Waals surface area (Å²) < 4.78 is 13.1. The number of thiocarbonyl (C=S) groups is 1. The molecule has 0 bridgehead atoms. The maximum Gasteiger partial charge on any atom is 0.323 e. The lowest BCUT2D eigenvalue weighted by Crippen LogP contribution is -2.33. The number of hydrogen-bond acceptors (Lipinski definition) is 7. The molecule has 0 radical (unpaired) electrons. The highest BCUT2D eigenvalue weighted by molar-refractivity contribution is 8.26. The fraction of sp³-hybridized carbons (Fsp3) is 0.0667. The number of thioether (sulfide) groups is 1. The molecule has 10 heteroatoms. The van der Waals surface area contributed by atoms with E-state index in [2.05, 4.69) is 10.3 Å². The molecule has 25 heavy (non-hydrogen) atoms. The van der Waals surface area contributed by atoms with Crippen LogP contribution in [0.1, 0.15) is 5.69 Å². The summed E-state index contributed by atoms with van der Waals surface area (Å²) in [5.74, 6) is -1.90. The Morgan fingerprint density at radius 2 is 2.12 bits per heavy atom. The molecule has 0 saturated carbocycles. The summed E-state index contributed by atoms with van der Waals surface area (Å²) in [5, 5.41) is 14.2. The molecule has 3 rings (SSSR count). The lowest BCUT2D eigenvalue weighted by molar-refractivity contribution is -0.140. The number of carbonyl (C=O) groups is 2. The molecular formula is C15H10FN3O3S3. The molecule has 2 aromatic rings. The zero-order valence-corrected chi connectivity index (χ0v) is 14.9. The van der Waals surface area contributed by atoms with Crippen LogP contribution >= 0.6 is 35.3 Å². The Bertz CT molecular complexity index is 880. The summed E-state index contributed by atoms with van der Waals surface area (Å²) in [4.78, 5) is 28.7. The summed E-state index contributed by atoms with van der Waals surface area (Å²) in [6.45, 7) is -0.462. The second-order valence-corrected chi connectivity index (χ2v) is 7.40. The third kappa shape index (κ3) is 4.21. The van der Waals surface area contributed by atoms with E-state index in [-0.39, 0.29) is 10.1 Å². The van der Waals surface area contributed by atoms with Crippen molar-refractivity contribution >= 4 is 68.4 Å². The van der Waals surface area contributed by atoms with E-state index in [1.54, 1.807) is 23.6 Å². The molecule has 128 valence electrons. The highest BCUT2D eigenvalue weighted by atomic mass is 32.2. The van der Waals surface area contributed by atoms with Crippen LogP contribution in [-0.2, 0) is 9.59 Å². The molecule has 1 aliphatic rings. The number of carboxylic acids is 1. The summed E-state index contributed by atoms with van der Waals surface area (Å²) in [6.07, 6.45) is 1.56.